The second kappa shape index (κ2) is 7.42. The van der Waals surface area contributed by atoms with Gasteiger partial charge in [0.15, 0.2) is 0 Å². The molecule has 146 valence electrons. The summed E-state index contributed by atoms with van der Waals surface area (Å²) in [7, 11) is 0. The smallest absolute Gasteiger partial charge is 0.223 e. The van der Waals surface area contributed by atoms with Gasteiger partial charge in [-0.25, -0.2) is 4.98 Å². The van der Waals surface area contributed by atoms with E-state index in [1.165, 1.54) is 62.9 Å². The van der Waals surface area contributed by atoms with Gasteiger partial charge in [-0.05, 0) is 49.8 Å². The highest BCUT2D eigenvalue weighted by Crippen LogP contribution is 2.30. The lowest BCUT2D eigenvalue weighted by Gasteiger charge is -2.38. The first-order valence-electron chi connectivity index (χ1n) is 11.0. The number of piperazine rings is 1. The molecule has 0 unspecified atom stereocenters. The molecule has 2 saturated heterocycles. The second-order valence-corrected chi connectivity index (χ2v) is 8.97. The highest BCUT2D eigenvalue weighted by Gasteiger charge is 2.31. The lowest BCUT2D eigenvalue weighted by Crippen LogP contribution is -2.50. The van der Waals surface area contributed by atoms with Gasteiger partial charge in [0.1, 0.15) is 5.82 Å². The number of rotatable bonds is 3. The maximum absolute atomic E-state index is 12.7. The van der Waals surface area contributed by atoms with E-state index in [1.807, 2.05) is 0 Å². The first-order chi connectivity index (χ1) is 13.3. The highest BCUT2D eigenvalue weighted by molar-refractivity contribution is 5.76. The van der Waals surface area contributed by atoms with Crippen LogP contribution in [0.3, 0.4) is 0 Å². The average Bonchev–Trinajstić information content (AvgIpc) is 3.38. The third-order valence-corrected chi connectivity index (χ3v) is 7.24. The van der Waals surface area contributed by atoms with Gasteiger partial charge in [-0.15, -0.1) is 0 Å². The van der Waals surface area contributed by atoms with Crippen molar-refractivity contribution in [2.45, 2.75) is 64.0 Å². The third-order valence-electron chi connectivity index (χ3n) is 7.24. The predicted molar refractivity (Wildman–Crippen MR) is 107 cm³/mol. The van der Waals surface area contributed by atoms with Crippen LogP contribution >= 0.6 is 0 Å². The number of hydrogen-bond donors (Lipinski definition) is 0. The lowest BCUT2D eigenvalue weighted by atomic mass is 10.0. The van der Waals surface area contributed by atoms with E-state index in [4.69, 9.17) is 4.98 Å². The molecule has 0 N–H and O–H groups in total. The standard InChI is InChI=1S/C22H32N4O/c27-22(14-17-4-1-2-5-17)26-11-9-20-18(15-26)7-8-21(23-20)25-13-12-24-10-3-6-19(24)16-25/h7-8,17,19H,1-6,9-16H2/t19-/m0/s1. The molecule has 5 nitrogen and oxygen atoms in total. The van der Waals surface area contributed by atoms with E-state index in [-0.39, 0.29) is 0 Å². The number of pyridine rings is 1. The van der Waals surface area contributed by atoms with Crippen LogP contribution in [0.15, 0.2) is 12.1 Å². The number of carbonyl (C=O) groups excluding carboxylic acids is 1. The topological polar surface area (TPSA) is 39.7 Å². The van der Waals surface area contributed by atoms with Gasteiger partial charge in [-0.3, -0.25) is 9.69 Å². The third kappa shape index (κ3) is 3.58. The van der Waals surface area contributed by atoms with Gasteiger partial charge in [-0.2, -0.15) is 0 Å². The van der Waals surface area contributed by atoms with Gasteiger partial charge in [0.2, 0.25) is 5.91 Å². The van der Waals surface area contributed by atoms with Gasteiger partial charge in [0, 0.05) is 57.3 Å². The summed E-state index contributed by atoms with van der Waals surface area (Å²) in [5.74, 6) is 2.13. The Morgan fingerprint density at radius 2 is 1.93 bits per heavy atom. The zero-order valence-corrected chi connectivity index (χ0v) is 16.4. The second-order valence-electron chi connectivity index (χ2n) is 8.97. The average molecular weight is 369 g/mol. The Kier molecular flexibility index (Phi) is 4.80. The largest absolute Gasteiger partial charge is 0.354 e. The summed E-state index contributed by atoms with van der Waals surface area (Å²) in [6.45, 7) is 6.26. The van der Waals surface area contributed by atoms with Crippen molar-refractivity contribution < 1.29 is 4.79 Å². The van der Waals surface area contributed by atoms with E-state index in [2.05, 4.69) is 26.8 Å². The fraction of sp³-hybridized carbons (Fsp3) is 0.727. The molecular weight excluding hydrogens is 336 g/mol. The molecule has 4 heterocycles. The van der Waals surface area contributed by atoms with Gasteiger partial charge < -0.3 is 9.80 Å². The molecule has 0 bridgehead atoms. The Bertz CT molecular complexity index is 700. The summed E-state index contributed by atoms with van der Waals surface area (Å²) in [5, 5.41) is 0. The summed E-state index contributed by atoms with van der Waals surface area (Å²) in [5.41, 5.74) is 2.47. The fourth-order valence-electron chi connectivity index (χ4n) is 5.58. The van der Waals surface area contributed by atoms with Crippen molar-refractivity contribution in [3.63, 3.8) is 0 Å². The van der Waals surface area contributed by atoms with E-state index in [0.29, 0.717) is 11.8 Å². The molecule has 1 amide bonds. The van der Waals surface area contributed by atoms with Crippen molar-refractivity contribution in [3.05, 3.63) is 23.4 Å². The molecule has 27 heavy (non-hydrogen) atoms. The van der Waals surface area contributed by atoms with Crippen LogP contribution in [-0.4, -0.2) is 59.5 Å². The van der Waals surface area contributed by atoms with Gasteiger partial charge in [0.05, 0.1) is 0 Å². The van der Waals surface area contributed by atoms with Crippen LogP contribution < -0.4 is 4.90 Å². The summed E-state index contributed by atoms with van der Waals surface area (Å²) in [6.07, 6.45) is 9.45. The molecule has 4 aliphatic rings. The summed E-state index contributed by atoms with van der Waals surface area (Å²) in [4.78, 5) is 24.9. The minimum absolute atomic E-state index is 0.356. The quantitative estimate of drug-likeness (QED) is 0.823. The Morgan fingerprint density at radius 3 is 2.81 bits per heavy atom. The zero-order chi connectivity index (χ0) is 18.2. The van der Waals surface area contributed by atoms with Crippen LogP contribution in [0, 0.1) is 5.92 Å². The van der Waals surface area contributed by atoms with E-state index < -0.39 is 0 Å². The highest BCUT2D eigenvalue weighted by atomic mass is 16.2. The van der Waals surface area contributed by atoms with E-state index in [1.54, 1.807) is 0 Å². The Labute approximate surface area is 162 Å². The number of amides is 1. The van der Waals surface area contributed by atoms with Crippen molar-refractivity contribution in [2.24, 2.45) is 5.92 Å². The van der Waals surface area contributed by atoms with Crippen molar-refractivity contribution in [2.75, 3.05) is 37.6 Å². The number of carbonyl (C=O) groups is 1. The molecule has 3 aliphatic heterocycles. The normalized spacial score (nSPS) is 26.3. The van der Waals surface area contributed by atoms with Crippen LogP contribution in [0.1, 0.15) is 56.2 Å². The van der Waals surface area contributed by atoms with E-state index >= 15 is 0 Å². The first kappa shape index (κ1) is 17.5. The minimum Gasteiger partial charge on any atom is -0.354 e. The molecular formula is C22H32N4O. The lowest BCUT2D eigenvalue weighted by molar-refractivity contribution is -0.133. The summed E-state index contributed by atoms with van der Waals surface area (Å²) in [6, 6.07) is 5.14. The summed E-state index contributed by atoms with van der Waals surface area (Å²) < 4.78 is 0. The van der Waals surface area contributed by atoms with Crippen LogP contribution in [0.5, 0.6) is 0 Å². The first-order valence-corrected chi connectivity index (χ1v) is 11.0. The molecule has 0 spiro atoms. The van der Waals surface area contributed by atoms with Crippen molar-refractivity contribution in [3.8, 4) is 0 Å². The van der Waals surface area contributed by atoms with Crippen LogP contribution in [0.25, 0.3) is 0 Å². The molecule has 0 radical (unpaired) electrons. The van der Waals surface area contributed by atoms with Gasteiger partial charge in [-0.1, -0.05) is 18.9 Å². The zero-order valence-electron chi connectivity index (χ0n) is 16.4. The van der Waals surface area contributed by atoms with Crippen molar-refractivity contribution in [1.82, 2.24) is 14.8 Å². The Morgan fingerprint density at radius 1 is 1.04 bits per heavy atom. The van der Waals surface area contributed by atoms with Gasteiger partial charge in [0.25, 0.3) is 0 Å². The van der Waals surface area contributed by atoms with E-state index in [0.717, 1.165) is 50.9 Å². The Hall–Kier alpha value is -1.62. The number of hydrogen-bond acceptors (Lipinski definition) is 4. The molecule has 5 heteroatoms. The SMILES string of the molecule is O=C(CC1CCCC1)N1CCc2nc(N3CCN4CCC[C@H]4C3)ccc2C1. The molecule has 3 fully saturated rings. The number of fused-ring (bicyclic) bond motifs is 2. The minimum atomic E-state index is 0.356. The van der Waals surface area contributed by atoms with Crippen LogP contribution in [0.2, 0.25) is 0 Å². The Balaban J connectivity index is 1.23. The molecule has 0 aromatic carbocycles. The van der Waals surface area contributed by atoms with Gasteiger partial charge >= 0.3 is 0 Å². The molecule has 1 atom stereocenters. The number of aromatic nitrogens is 1. The predicted octanol–water partition coefficient (Wildman–Crippen LogP) is 2.83. The monoisotopic (exact) mass is 368 g/mol. The van der Waals surface area contributed by atoms with E-state index in [9.17, 15) is 4.79 Å². The van der Waals surface area contributed by atoms with Crippen molar-refractivity contribution in [1.29, 1.82) is 0 Å². The fourth-order valence-corrected chi connectivity index (χ4v) is 5.58. The molecule has 5 rings (SSSR count). The number of nitrogens with zero attached hydrogens (tertiary/aromatic N) is 4. The van der Waals surface area contributed by atoms with Crippen molar-refractivity contribution >= 4 is 11.7 Å². The van der Waals surface area contributed by atoms with Crippen LogP contribution in [0.4, 0.5) is 5.82 Å². The number of anilines is 1. The molecule has 1 aliphatic carbocycles. The molecule has 1 aromatic heterocycles. The molecule has 1 saturated carbocycles. The maximum Gasteiger partial charge on any atom is 0.223 e. The van der Waals surface area contributed by atoms with Crippen LogP contribution in [-0.2, 0) is 17.8 Å². The summed E-state index contributed by atoms with van der Waals surface area (Å²) >= 11 is 0. The maximum atomic E-state index is 12.7. The molecule has 1 aromatic rings.